The molecule has 0 aliphatic carbocycles. The van der Waals surface area contributed by atoms with Crippen molar-refractivity contribution in [2.45, 2.75) is 11.8 Å². The minimum atomic E-state index is -3.83. The van der Waals surface area contributed by atoms with Crippen LogP contribution in [0.4, 0.5) is 11.4 Å². The van der Waals surface area contributed by atoms with Crippen molar-refractivity contribution >= 4 is 50.5 Å². The quantitative estimate of drug-likeness (QED) is 0.567. The molecule has 0 aromatic heterocycles. The van der Waals surface area contributed by atoms with Gasteiger partial charge in [0.1, 0.15) is 0 Å². The molecule has 0 aliphatic rings. The predicted molar refractivity (Wildman–Crippen MR) is 113 cm³/mol. The molecular formula is C20H16Cl2N2O3S. The molecule has 0 radical (unpaired) electrons. The van der Waals surface area contributed by atoms with E-state index in [0.29, 0.717) is 21.3 Å². The van der Waals surface area contributed by atoms with E-state index in [4.69, 9.17) is 23.2 Å². The Hall–Kier alpha value is -2.54. The summed E-state index contributed by atoms with van der Waals surface area (Å²) in [4.78, 5) is 12.4. The average Bonchev–Trinajstić information content (AvgIpc) is 2.61. The molecule has 0 atom stereocenters. The zero-order valence-corrected chi connectivity index (χ0v) is 17.1. The fourth-order valence-corrected chi connectivity index (χ4v) is 4.14. The van der Waals surface area contributed by atoms with Gasteiger partial charge in [-0.2, -0.15) is 0 Å². The maximum Gasteiger partial charge on any atom is 0.261 e. The molecule has 28 heavy (non-hydrogen) atoms. The standard InChI is InChI=1S/C20H16Cl2N2O3S/c1-13-4-2-3-5-19(13)20(25)23-16-6-8-18(9-7-16)28(26,27)24-17-11-14(21)10-15(22)12-17/h2-12,24H,1H3,(H,23,25). The minimum Gasteiger partial charge on any atom is -0.322 e. The van der Waals surface area contributed by atoms with Gasteiger partial charge in [0, 0.05) is 21.3 Å². The van der Waals surface area contributed by atoms with Gasteiger partial charge in [-0.25, -0.2) is 8.42 Å². The van der Waals surface area contributed by atoms with E-state index in [1.54, 1.807) is 12.1 Å². The number of anilines is 2. The Bertz CT molecular complexity index is 1110. The Morgan fingerprint density at radius 2 is 1.46 bits per heavy atom. The molecule has 3 aromatic carbocycles. The summed E-state index contributed by atoms with van der Waals surface area (Å²) in [6.45, 7) is 1.85. The second kappa shape index (κ2) is 8.22. The molecule has 5 nitrogen and oxygen atoms in total. The third-order valence-corrected chi connectivity index (χ3v) is 5.76. The highest BCUT2D eigenvalue weighted by atomic mass is 35.5. The summed E-state index contributed by atoms with van der Waals surface area (Å²) in [6, 6.07) is 17.5. The van der Waals surface area contributed by atoms with Gasteiger partial charge in [-0.05, 0) is 61.0 Å². The number of sulfonamides is 1. The lowest BCUT2D eigenvalue weighted by Gasteiger charge is -2.11. The fourth-order valence-electron chi connectivity index (χ4n) is 2.57. The molecule has 0 heterocycles. The molecule has 0 aliphatic heterocycles. The molecule has 1 amide bonds. The number of carbonyl (C=O) groups excluding carboxylic acids is 1. The van der Waals surface area contributed by atoms with Crippen molar-refractivity contribution in [2.75, 3.05) is 10.0 Å². The lowest BCUT2D eigenvalue weighted by molar-refractivity contribution is 0.102. The van der Waals surface area contributed by atoms with Crippen molar-refractivity contribution in [3.8, 4) is 0 Å². The third kappa shape index (κ3) is 4.84. The van der Waals surface area contributed by atoms with Gasteiger partial charge in [0.05, 0.1) is 10.6 Å². The van der Waals surface area contributed by atoms with E-state index in [-0.39, 0.29) is 16.5 Å². The highest BCUT2D eigenvalue weighted by Gasteiger charge is 2.15. The molecular weight excluding hydrogens is 419 g/mol. The summed E-state index contributed by atoms with van der Waals surface area (Å²) in [7, 11) is -3.83. The number of aryl methyl sites for hydroxylation is 1. The van der Waals surface area contributed by atoms with Gasteiger partial charge < -0.3 is 5.32 Å². The highest BCUT2D eigenvalue weighted by Crippen LogP contribution is 2.25. The number of hydrogen-bond donors (Lipinski definition) is 2. The first-order chi connectivity index (χ1) is 13.2. The topological polar surface area (TPSA) is 75.3 Å². The van der Waals surface area contributed by atoms with Crippen LogP contribution in [0.3, 0.4) is 0 Å². The Balaban J connectivity index is 1.76. The number of amides is 1. The van der Waals surface area contributed by atoms with Crippen molar-refractivity contribution in [3.05, 3.63) is 87.9 Å². The molecule has 3 aromatic rings. The van der Waals surface area contributed by atoms with Crippen LogP contribution < -0.4 is 10.0 Å². The van der Waals surface area contributed by atoms with Crippen LogP contribution in [0.1, 0.15) is 15.9 Å². The molecule has 144 valence electrons. The molecule has 0 spiro atoms. The molecule has 3 rings (SSSR count). The summed E-state index contributed by atoms with van der Waals surface area (Å²) in [5.41, 5.74) is 2.15. The number of nitrogens with one attached hydrogen (secondary N) is 2. The van der Waals surface area contributed by atoms with Crippen molar-refractivity contribution in [1.29, 1.82) is 0 Å². The second-order valence-corrected chi connectivity index (χ2v) is 8.61. The van der Waals surface area contributed by atoms with Crippen LogP contribution in [0.2, 0.25) is 10.0 Å². The first kappa shape index (κ1) is 20.2. The van der Waals surface area contributed by atoms with Crippen molar-refractivity contribution in [3.63, 3.8) is 0 Å². The molecule has 8 heteroatoms. The van der Waals surface area contributed by atoms with Gasteiger partial charge >= 0.3 is 0 Å². The maximum absolute atomic E-state index is 12.5. The van der Waals surface area contributed by atoms with Gasteiger partial charge in [0.2, 0.25) is 0 Å². The van der Waals surface area contributed by atoms with E-state index in [1.165, 1.54) is 42.5 Å². The first-order valence-corrected chi connectivity index (χ1v) is 10.4. The Morgan fingerprint density at radius 1 is 0.857 bits per heavy atom. The van der Waals surface area contributed by atoms with Gasteiger partial charge in [-0.1, -0.05) is 41.4 Å². The van der Waals surface area contributed by atoms with Crippen LogP contribution in [0.25, 0.3) is 0 Å². The largest absolute Gasteiger partial charge is 0.322 e. The van der Waals surface area contributed by atoms with Gasteiger partial charge in [0.15, 0.2) is 0 Å². The first-order valence-electron chi connectivity index (χ1n) is 8.20. The Kier molecular flexibility index (Phi) is 5.93. The lowest BCUT2D eigenvalue weighted by atomic mass is 10.1. The normalized spacial score (nSPS) is 11.1. The van der Waals surface area contributed by atoms with Crippen LogP contribution >= 0.6 is 23.2 Å². The van der Waals surface area contributed by atoms with E-state index >= 15 is 0 Å². The zero-order chi connectivity index (χ0) is 20.3. The Morgan fingerprint density at radius 3 is 2.07 bits per heavy atom. The molecule has 2 N–H and O–H groups in total. The summed E-state index contributed by atoms with van der Waals surface area (Å²) >= 11 is 11.8. The number of carbonyl (C=O) groups is 1. The van der Waals surface area contributed by atoms with Crippen molar-refractivity contribution in [1.82, 2.24) is 0 Å². The predicted octanol–water partition coefficient (Wildman–Crippen LogP) is 5.35. The average molecular weight is 435 g/mol. The highest BCUT2D eigenvalue weighted by molar-refractivity contribution is 7.92. The van der Waals surface area contributed by atoms with E-state index < -0.39 is 10.0 Å². The molecule has 0 bridgehead atoms. The van der Waals surface area contributed by atoms with E-state index in [0.717, 1.165) is 5.56 Å². The number of benzene rings is 3. The number of rotatable bonds is 5. The SMILES string of the molecule is Cc1ccccc1C(=O)Nc1ccc(S(=O)(=O)Nc2cc(Cl)cc(Cl)c2)cc1. The molecule has 0 fully saturated rings. The number of halogens is 2. The van der Waals surface area contributed by atoms with Crippen LogP contribution in [-0.2, 0) is 10.0 Å². The maximum atomic E-state index is 12.5. The summed E-state index contributed by atoms with van der Waals surface area (Å²) < 4.78 is 27.5. The van der Waals surface area contributed by atoms with Gasteiger partial charge in [-0.3, -0.25) is 9.52 Å². The zero-order valence-electron chi connectivity index (χ0n) is 14.7. The summed E-state index contributed by atoms with van der Waals surface area (Å²) in [5, 5.41) is 3.39. The molecule has 0 saturated heterocycles. The van der Waals surface area contributed by atoms with Crippen LogP contribution in [0.5, 0.6) is 0 Å². The Labute approximate surface area is 173 Å². The van der Waals surface area contributed by atoms with Crippen LogP contribution in [0, 0.1) is 6.92 Å². The fraction of sp³-hybridized carbons (Fsp3) is 0.0500. The number of hydrogen-bond acceptors (Lipinski definition) is 3. The second-order valence-electron chi connectivity index (χ2n) is 6.06. The van der Waals surface area contributed by atoms with Gasteiger partial charge in [-0.15, -0.1) is 0 Å². The smallest absolute Gasteiger partial charge is 0.261 e. The van der Waals surface area contributed by atoms with Crippen LogP contribution in [-0.4, -0.2) is 14.3 Å². The van der Waals surface area contributed by atoms with E-state index in [9.17, 15) is 13.2 Å². The lowest BCUT2D eigenvalue weighted by Crippen LogP contribution is -2.14. The molecule has 0 saturated carbocycles. The van der Waals surface area contributed by atoms with Crippen molar-refractivity contribution in [2.24, 2.45) is 0 Å². The van der Waals surface area contributed by atoms with Crippen molar-refractivity contribution < 1.29 is 13.2 Å². The minimum absolute atomic E-state index is 0.0393. The summed E-state index contributed by atoms with van der Waals surface area (Å²) in [6.07, 6.45) is 0. The monoisotopic (exact) mass is 434 g/mol. The molecule has 0 unspecified atom stereocenters. The van der Waals surface area contributed by atoms with E-state index in [1.807, 2.05) is 19.1 Å². The van der Waals surface area contributed by atoms with Crippen LogP contribution in [0.15, 0.2) is 71.6 Å². The third-order valence-electron chi connectivity index (χ3n) is 3.93. The van der Waals surface area contributed by atoms with Gasteiger partial charge in [0.25, 0.3) is 15.9 Å². The van der Waals surface area contributed by atoms with E-state index in [2.05, 4.69) is 10.0 Å². The summed E-state index contributed by atoms with van der Waals surface area (Å²) in [5.74, 6) is -0.264.